The molecule has 106 valence electrons. The van der Waals surface area contributed by atoms with Crippen LogP contribution in [0.15, 0.2) is 29.2 Å². The zero-order valence-corrected chi connectivity index (χ0v) is 12.0. The van der Waals surface area contributed by atoms with Gasteiger partial charge in [-0.1, -0.05) is 31.9 Å². The highest BCUT2D eigenvalue weighted by Crippen LogP contribution is 2.30. The van der Waals surface area contributed by atoms with Crippen molar-refractivity contribution >= 4 is 15.5 Å². The van der Waals surface area contributed by atoms with Crippen molar-refractivity contribution in [2.75, 3.05) is 17.6 Å². The van der Waals surface area contributed by atoms with Crippen LogP contribution in [-0.2, 0) is 9.84 Å². The van der Waals surface area contributed by atoms with Crippen LogP contribution in [0, 0.1) is 0 Å². The Morgan fingerprint density at radius 2 is 1.89 bits per heavy atom. The first-order valence-corrected chi connectivity index (χ1v) is 8.40. The van der Waals surface area contributed by atoms with E-state index >= 15 is 0 Å². The normalized spacial score (nSPS) is 18.4. The third-order valence-electron chi connectivity index (χ3n) is 3.74. The third kappa shape index (κ3) is 3.28. The van der Waals surface area contributed by atoms with Crippen LogP contribution < -0.4 is 5.32 Å². The minimum atomic E-state index is -3.24. The fourth-order valence-electron chi connectivity index (χ4n) is 2.51. The molecule has 1 aromatic carbocycles. The van der Waals surface area contributed by atoms with E-state index in [1.54, 1.807) is 31.2 Å². The average molecular weight is 283 g/mol. The number of benzene rings is 1. The molecule has 0 saturated heterocycles. The van der Waals surface area contributed by atoms with Crippen molar-refractivity contribution in [3.8, 4) is 0 Å². The summed E-state index contributed by atoms with van der Waals surface area (Å²) in [6.45, 7) is 2.04. The molecule has 0 radical (unpaired) electrons. The van der Waals surface area contributed by atoms with Crippen LogP contribution in [0.3, 0.4) is 0 Å². The Kier molecular flexibility index (Phi) is 4.16. The number of hydrogen-bond donors (Lipinski definition) is 2. The molecule has 2 N–H and O–H groups in total. The lowest BCUT2D eigenvalue weighted by atomic mass is 10.0. The molecule has 0 bridgehead atoms. The van der Waals surface area contributed by atoms with E-state index in [9.17, 15) is 13.5 Å². The molecule has 4 nitrogen and oxygen atoms in total. The van der Waals surface area contributed by atoms with E-state index in [-0.39, 0.29) is 5.75 Å². The fraction of sp³-hybridized carbons (Fsp3) is 0.571. The predicted octanol–water partition coefficient (Wildman–Crippen LogP) is 2.20. The lowest BCUT2D eigenvalue weighted by Crippen LogP contribution is -2.33. The topological polar surface area (TPSA) is 66.4 Å². The molecular weight excluding hydrogens is 262 g/mol. The number of para-hydroxylation sites is 1. The van der Waals surface area contributed by atoms with Gasteiger partial charge in [0.15, 0.2) is 9.84 Å². The Morgan fingerprint density at radius 1 is 1.26 bits per heavy atom. The van der Waals surface area contributed by atoms with Crippen molar-refractivity contribution < 1.29 is 13.5 Å². The van der Waals surface area contributed by atoms with Crippen molar-refractivity contribution in [2.45, 2.75) is 43.1 Å². The van der Waals surface area contributed by atoms with Crippen molar-refractivity contribution in [1.82, 2.24) is 0 Å². The molecule has 5 heteroatoms. The summed E-state index contributed by atoms with van der Waals surface area (Å²) in [6.07, 6.45) is 3.63. The molecule has 1 saturated carbocycles. The van der Waals surface area contributed by atoms with Gasteiger partial charge in [-0.3, -0.25) is 0 Å². The summed E-state index contributed by atoms with van der Waals surface area (Å²) >= 11 is 0. The second-order valence-corrected chi connectivity index (χ2v) is 7.43. The van der Waals surface area contributed by atoms with Gasteiger partial charge in [0.1, 0.15) is 0 Å². The van der Waals surface area contributed by atoms with Crippen LogP contribution in [0.5, 0.6) is 0 Å². The molecule has 19 heavy (non-hydrogen) atoms. The van der Waals surface area contributed by atoms with Gasteiger partial charge in [0.05, 0.1) is 21.9 Å². The van der Waals surface area contributed by atoms with Crippen molar-refractivity contribution in [3.05, 3.63) is 24.3 Å². The van der Waals surface area contributed by atoms with Gasteiger partial charge in [-0.2, -0.15) is 0 Å². The van der Waals surface area contributed by atoms with E-state index in [4.69, 9.17) is 0 Å². The van der Waals surface area contributed by atoms with Crippen molar-refractivity contribution in [1.29, 1.82) is 0 Å². The maximum atomic E-state index is 12.0. The maximum absolute atomic E-state index is 12.0. The minimum absolute atomic E-state index is 0.0793. The predicted molar refractivity (Wildman–Crippen MR) is 76.1 cm³/mol. The summed E-state index contributed by atoms with van der Waals surface area (Å²) in [5.41, 5.74) is -0.104. The third-order valence-corrected chi connectivity index (χ3v) is 5.53. The molecule has 0 heterocycles. The quantitative estimate of drug-likeness (QED) is 0.869. The number of anilines is 1. The zero-order valence-electron chi connectivity index (χ0n) is 11.2. The Morgan fingerprint density at radius 3 is 2.53 bits per heavy atom. The first kappa shape index (κ1) is 14.3. The molecule has 1 aromatic rings. The van der Waals surface area contributed by atoms with E-state index in [1.165, 1.54) is 0 Å². The van der Waals surface area contributed by atoms with Crippen LogP contribution in [0.4, 0.5) is 5.69 Å². The van der Waals surface area contributed by atoms with Gasteiger partial charge in [-0.25, -0.2) is 8.42 Å². The summed E-state index contributed by atoms with van der Waals surface area (Å²) in [7, 11) is -3.24. The second kappa shape index (κ2) is 5.51. The Hall–Kier alpha value is -1.07. The Labute approximate surface area is 114 Å². The summed E-state index contributed by atoms with van der Waals surface area (Å²) in [4.78, 5) is 0.319. The molecular formula is C14H21NO3S. The standard InChI is InChI=1S/C14H21NO3S/c1-2-19(17,18)13-8-4-3-7-12(13)15-11-14(16)9-5-6-10-14/h3-4,7-8,15-16H,2,5-6,9-11H2,1H3. The maximum Gasteiger partial charge on any atom is 0.180 e. The van der Waals surface area contributed by atoms with Gasteiger partial charge in [-0.15, -0.1) is 0 Å². The lowest BCUT2D eigenvalue weighted by Gasteiger charge is -2.23. The average Bonchev–Trinajstić information content (AvgIpc) is 2.84. The molecule has 0 spiro atoms. The Balaban J connectivity index is 2.17. The van der Waals surface area contributed by atoms with E-state index in [0.29, 0.717) is 17.1 Å². The number of nitrogens with one attached hydrogen (secondary N) is 1. The van der Waals surface area contributed by atoms with Gasteiger partial charge in [0, 0.05) is 6.54 Å². The van der Waals surface area contributed by atoms with E-state index in [0.717, 1.165) is 25.7 Å². The zero-order chi connectivity index (χ0) is 13.9. The van der Waals surface area contributed by atoms with Gasteiger partial charge in [0.25, 0.3) is 0 Å². The van der Waals surface area contributed by atoms with Gasteiger partial charge < -0.3 is 10.4 Å². The van der Waals surface area contributed by atoms with Crippen LogP contribution in [0.1, 0.15) is 32.6 Å². The number of aliphatic hydroxyl groups is 1. The van der Waals surface area contributed by atoms with E-state index in [2.05, 4.69) is 5.32 Å². The first-order chi connectivity index (χ1) is 8.97. The van der Waals surface area contributed by atoms with E-state index < -0.39 is 15.4 Å². The molecule has 0 amide bonds. The molecule has 0 unspecified atom stereocenters. The first-order valence-electron chi connectivity index (χ1n) is 6.75. The van der Waals surface area contributed by atoms with Gasteiger partial charge in [0.2, 0.25) is 0 Å². The Bertz CT molecular complexity index is 533. The monoisotopic (exact) mass is 283 g/mol. The SMILES string of the molecule is CCS(=O)(=O)c1ccccc1NCC1(O)CCCC1. The summed E-state index contributed by atoms with van der Waals surface area (Å²) in [6, 6.07) is 6.88. The fourth-order valence-corrected chi connectivity index (χ4v) is 3.58. The van der Waals surface area contributed by atoms with Crippen molar-refractivity contribution in [2.24, 2.45) is 0 Å². The highest BCUT2D eigenvalue weighted by atomic mass is 32.2. The smallest absolute Gasteiger partial charge is 0.180 e. The highest BCUT2D eigenvalue weighted by molar-refractivity contribution is 7.91. The summed E-state index contributed by atoms with van der Waals surface area (Å²) in [5, 5.41) is 13.4. The molecule has 0 aliphatic heterocycles. The number of hydrogen-bond acceptors (Lipinski definition) is 4. The molecule has 0 atom stereocenters. The summed E-state index contributed by atoms with van der Waals surface area (Å²) < 4.78 is 24.0. The molecule has 2 rings (SSSR count). The largest absolute Gasteiger partial charge is 0.388 e. The highest BCUT2D eigenvalue weighted by Gasteiger charge is 2.31. The van der Waals surface area contributed by atoms with Crippen LogP contribution in [-0.4, -0.2) is 31.4 Å². The van der Waals surface area contributed by atoms with Gasteiger partial charge >= 0.3 is 0 Å². The molecule has 0 aromatic heterocycles. The second-order valence-electron chi connectivity index (χ2n) is 5.18. The van der Waals surface area contributed by atoms with Crippen LogP contribution >= 0.6 is 0 Å². The lowest BCUT2D eigenvalue weighted by molar-refractivity contribution is 0.0614. The number of sulfone groups is 1. The van der Waals surface area contributed by atoms with Crippen molar-refractivity contribution in [3.63, 3.8) is 0 Å². The molecule has 1 aliphatic rings. The van der Waals surface area contributed by atoms with Gasteiger partial charge in [-0.05, 0) is 25.0 Å². The van der Waals surface area contributed by atoms with E-state index in [1.807, 2.05) is 0 Å². The molecule has 1 fully saturated rings. The number of rotatable bonds is 5. The molecule has 1 aliphatic carbocycles. The summed E-state index contributed by atoms with van der Waals surface area (Å²) in [5.74, 6) is 0.0793. The van der Waals surface area contributed by atoms with Crippen LogP contribution in [0.2, 0.25) is 0 Å². The van der Waals surface area contributed by atoms with Crippen LogP contribution in [0.25, 0.3) is 0 Å². The minimum Gasteiger partial charge on any atom is -0.388 e.